The molecule has 0 bridgehead atoms. The lowest BCUT2D eigenvalue weighted by Gasteiger charge is -2.03. The van der Waals surface area contributed by atoms with Crippen molar-refractivity contribution < 1.29 is 4.79 Å². The summed E-state index contributed by atoms with van der Waals surface area (Å²) in [6.45, 7) is 3.92. The first-order valence-electron chi connectivity index (χ1n) is 6.51. The molecule has 1 heterocycles. The lowest BCUT2D eigenvalue weighted by atomic mass is 10.3. The second kappa shape index (κ2) is 7.72. The number of nitrogens with zero attached hydrogens (tertiary/aromatic N) is 1. The van der Waals surface area contributed by atoms with Crippen molar-refractivity contribution in [1.82, 2.24) is 10.4 Å². The standard InChI is InChI=1S/C15H15Cl2N3OS/c1-9-5-11(10(2)19-9)7-18-20-15(21)8-22-14-6-12(16)3-4-13(14)17/h3-7,19H,8H2,1-2H3,(H,20,21)/b18-7+. The predicted molar refractivity (Wildman–Crippen MR) is 93.2 cm³/mol. The summed E-state index contributed by atoms with van der Waals surface area (Å²) >= 11 is 13.3. The SMILES string of the molecule is Cc1cc(/C=N/NC(=O)CSc2cc(Cl)ccc2Cl)c(C)[nH]1. The fourth-order valence-electron chi connectivity index (χ4n) is 1.82. The molecule has 4 nitrogen and oxygen atoms in total. The number of thioether (sulfide) groups is 1. The lowest BCUT2D eigenvalue weighted by molar-refractivity contribution is -0.118. The molecule has 22 heavy (non-hydrogen) atoms. The van der Waals surface area contributed by atoms with Gasteiger partial charge >= 0.3 is 0 Å². The molecule has 1 aromatic heterocycles. The molecule has 1 amide bonds. The van der Waals surface area contributed by atoms with Gasteiger partial charge < -0.3 is 4.98 Å². The molecular weight excluding hydrogens is 341 g/mol. The van der Waals surface area contributed by atoms with Gasteiger partial charge in [0.25, 0.3) is 0 Å². The summed E-state index contributed by atoms with van der Waals surface area (Å²) in [6, 6.07) is 7.11. The smallest absolute Gasteiger partial charge is 0.250 e. The summed E-state index contributed by atoms with van der Waals surface area (Å²) in [7, 11) is 0. The van der Waals surface area contributed by atoms with Crippen LogP contribution in [0.25, 0.3) is 0 Å². The van der Waals surface area contributed by atoms with Crippen molar-refractivity contribution in [2.24, 2.45) is 5.10 Å². The van der Waals surface area contributed by atoms with Gasteiger partial charge in [-0.05, 0) is 38.1 Å². The van der Waals surface area contributed by atoms with Crippen LogP contribution >= 0.6 is 35.0 Å². The van der Waals surface area contributed by atoms with E-state index in [1.165, 1.54) is 11.8 Å². The average molecular weight is 356 g/mol. The number of hydrogen-bond donors (Lipinski definition) is 2. The number of nitrogens with one attached hydrogen (secondary N) is 2. The first-order valence-corrected chi connectivity index (χ1v) is 8.26. The van der Waals surface area contributed by atoms with E-state index in [2.05, 4.69) is 15.5 Å². The fraction of sp³-hybridized carbons (Fsp3) is 0.200. The van der Waals surface area contributed by atoms with Crippen LogP contribution in [-0.4, -0.2) is 22.9 Å². The van der Waals surface area contributed by atoms with Crippen LogP contribution in [0.1, 0.15) is 17.0 Å². The third-order valence-electron chi connectivity index (χ3n) is 2.83. The number of aromatic amines is 1. The molecule has 2 N–H and O–H groups in total. The number of amides is 1. The van der Waals surface area contributed by atoms with Gasteiger partial charge in [0, 0.05) is 26.9 Å². The van der Waals surface area contributed by atoms with Crippen molar-refractivity contribution in [2.75, 3.05) is 5.75 Å². The summed E-state index contributed by atoms with van der Waals surface area (Å²) in [5.74, 6) is 0.00457. The maximum atomic E-state index is 11.8. The van der Waals surface area contributed by atoms with Crippen LogP contribution in [0.15, 0.2) is 34.3 Å². The number of carbonyl (C=O) groups excluding carboxylic acids is 1. The summed E-state index contributed by atoms with van der Waals surface area (Å²) in [5.41, 5.74) is 5.50. The third-order valence-corrected chi connectivity index (χ3v) is 4.57. The summed E-state index contributed by atoms with van der Waals surface area (Å²) < 4.78 is 0. The highest BCUT2D eigenvalue weighted by Gasteiger charge is 2.06. The van der Waals surface area contributed by atoms with Crippen molar-refractivity contribution in [1.29, 1.82) is 0 Å². The van der Waals surface area contributed by atoms with Gasteiger partial charge in [0.05, 0.1) is 17.0 Å². The highest BCUT2D eigenvalue weighted by atomic mass is 35.5. The second-order valence-electron chi connectivity index (χ2n) is 4.69. The van der Waals surface area contributed by atoms with E-state index in [1.54, 1.807) is 24.4 Å². The van der Waals surface area contributed by atoms with Crippen LogP contribution in [0.2, 0.25) is 10.0 Å². The zero-order chi connectivity index (χ0) is 16.1. The maximum Gasteiger partial charge on any atom is 0.250 e. The Kier molecular flexibility index (Phi) is 5.94. The van der Waals surface area contributed by atoms with Crippen molar-refractivity contribution in [3.63, 3.8) is 0 Å². The Balaban J connectivity index is 1.85. The first-order chi connectivity index (χ1) is 10.5. The number of rotatable bonds is 5. The number of carbonyl (C=O) groups is 1. The largest absolute Gasteiger partial charge is 0.362 e. The van der Waals surface area contributed by atoms with Gasteiger partial charge in [-0.1, -0.05) is 23.2 Å². The zero-order valence-electron chi connectivity index (χ0n) is 12.1. The molecule has 0 aliphatic heterocycles. The number of hydrogen-bond acceptors (Lipinski definition) is 3. The molecule has 2 rings (SSSR count). The van der Waals surface area contributed by atoms with Crippen molar-refractivity contribution >= 4 is 47.1 Å². The molecular formula is C15H15Cl2N3OS. The monoisotopic (exact) mass is 355 g/mol. The molecule has 0 atom stereocenters. The highest BCUT2D eigenvalue weighted by Crippen LogP contribution is 2.29. The predicted octanol–water partition coefficient (Wildman–Crippen LogP) is 4.18. The molecule has 116 valence electrons. The minimum absolute atomic E-state index is 0.206. The molecule has 0 unspecified atom stereocenters. The number of aromatic nitrogens is 1. The minimum Gasteiger partial charge on any atom is -0.362 e. The first kappa shape index (κ1) is 16.9. The number of benzene rings is 1. The van der Waals surface area contributed by atoms with E-state index < -0.39 is 0 Å². The molecule has 1 aromatic carbocycles. The van der Waals surface area contributed by atoms with Crippen LogP contribution in [0, 0.1) is 13.8 Å². The van der Waals surface area contributed by atoms with Gasteiger partial charge in [0.15, 0.2) is 0 Å². The average Bonchev–Trinajstić information content (AvgIpc) is 2.78. The Labute approximate surface area is 143 Å². The Bertz CT molecular complexity index is 713. The van der Waals surface area contributed by atoms with E-state index in [-0.39, 0.29) is 11.7 Å². The molecule has 0 spiro atoms. The number of hydrazone groups is 1. The fourth-order valence-corrected chi connectivity index (χ4v) is 3.10. The molecule has 0 fully saturated rings. The van der Waals surface area contributed by atoms with E-state index in [4.69, 9.17) is 23.2 Å². The maximum absolute atomic E-state index is 11.8. The molecule has 0 saturated heterocycles. The van der Waals surface area contributed by atoms with E-state index in [0.29, 0.717) is 10.0 Å². The lowest BCUT2D eigenvalue weighted by Crippen LogP contribution is -2.19. The highest BCUT2D eigenvalue weighted by molar-refractivity contribution is 8.00. The summed E-state index contributed by atoms with van der Waals surface area (Å²) in [5, 5.41) is 5.11. The number of H-pyrrole nitrogens is 1. The van der Waals surface area contributed by atoms with E-state index in [1.807, 2.05) is 19.9 Å². The van der Waals surface area contributed by atoms with Crippen molar-refractivity contribution in [3.8, 4) is 0 Å². The van der Waals surface area contributed by atoms with Gasteiger partial charge in [-0.25, -0.2) is 5.43 Å². The Morgan fingerprint density at radius 3 is 2.82 bits per heavy atom. The molecule has 0 aliphatic carbocycles. The Morgan fingerprint density at radius 2 is 2.14 bits per heavy atom. The van der Waals surface area contributed by atoms with Crippen molar-refractivity contribution in [3.05, 3.63) is 51.3 Å². The zero-order valence-corrected chi connectivity index (χ0v) is 14.4. The quantitative estimate of drug-likeness (QED) is 0.480. The second-order valence-corrected chi connectivity index (χ2v) is 6.55. The number of halogens is 2. The summed E-state index contributed by atoms with van der Waals surface area (Å²) in [6.07, 6.45) is 1.62. The molecule has 7 heteroatoms. The minimum atomic E-state index is -0.206. The van der Waals surface area contributed by atoms with E-state index in [9.17, 15) is 4.79 Å². The Hall–Kier alpha value is -1.43. The van der Waals surface area contributed by atoms with Gasteiger partial charge in [-0.15, -0.1) is 11.8 Å². The van der Waals surface area contributed by atoms with Gasteiger partial charge in [0.2, 0.25) is 5.91 Å². The molecule has 0 saturated carbocycles. The Morgan fingerprint density at radius 1 is 1.36 bits per heavy atom. The third kappa shape index (κ3) is 4.80. The van der Waals surface area contributed by atoms with Crippen LogP contribution in [0.3, 0.4) is 0 Å². The van der Waals surface area contributed by atoms with Crippen LogP contribution in [0.5, 0.6) is 0 Å². The molecule has 0 aliphatic rings. The van der Waals surface area contributed by atoms with E-state index >= 15 is 0 Å². The summed E-state index contributed by atoms with van der Waals surface area (Å²) in [4.78, 5) is 15.7. The van der Waals surface area contributed by atoms with Gasteiger partial charge in [-0.2, -0.15) is 5.10 Å². The topological polar surface area (TPSA) is 57.2 Å². The van der Waals surface area contributed by atoms with Crippen LogP contribution < -0.4 is 5.43 Å². The normalized spacial score (nSPS) is 11.1. The van der Waals surface area contributed by atoms with Gasteiger partial charge in [-0.3, -0.25) is 4.79 Å². The van der Waals surface area contributed by atoms with Crippen LogP contribution in [-0.2, 0) is 4.79 Å². The molecule has 2 aromatic rings. The van der Waals surface area contributed by atoms with Crippen LogP contribution in [0.4, 0.5) is 0 Å². The van der Waals surface area contributed by atoms with Crippen molar-refractivity contribution in [2.45, 2.75) is 18.7 Å². The van der Waals surface area contributed by atoms with E-state index in [0.717, 1.165) is 21.8 Å². The number of aryl methyl sites for hydroxylation is 2. The van der Waals surface area contributed by atoms with Gasteiger partial charge in [0.1, 0.15) is 0 Å². The molecule has 0 radical (unpaired) electrons.